The molecule has 0 aliphatic carbocycles. The topological polar surface area (TPSA) is 50.2 Å². The molecular formula is C16H21FN4O. The molecule has 0 aliphatic heterocycles. The molecule has 0 spiro atoms. The minimum atomic E-state index is -0.459. The Morgan fingerprint density at radius 3 is 2.64 bits per heavy atom. The molecule has 0 saturated heterocycles. The van der Waals surface area contributed by atoms with E-state index < -0.39 is 5.82 Å². The van der Waals surface area contributed by atoms with Crippen molar-refractivity contribution in [3.05, 3.63) is 47.0 Å². The van der Waals surface area contributed by atoms with Crippen LogP contribution in [0.2, 0.25) is 0 Å². The molecule has 2 rings (SSSR count). The molecule has 5 nitrogen and oxygen atoms in total. The van der Waals surface area contributed by atoms with Crippen molar-refractivity contribution in [3.8, 4) is 5.69 Å². The largest absolute Gasteiger partial charge is 0.340 e. The lowest BCUT2D eigenvalue weighted by atomic mass is 10.1. The molecule has 0 aliphatic rings. The average molecular weight is 304 g/mol. The number of benzene rings is 1. The zero-order valence-corrected chi connectivity index (χ0v) is 13.4. The second-order valence-electron chi connectivity index (χ2n) is 5.34. The van der Waals surface area contributed by atoms with Gasteiger partial charge in [0.05, 0.1) is 5.69 Å². The fraction of sp³-hybridized carbons (Fsp3) is 0.375. The maximum atomic E-state index is 14.4. The molecule has 1 amide bonds. The maximum Gasteiger partial charge on any atom is 0.253 e. The summed E-state index contributed by atoms with van der Waals surface area (Å²) in [6.07, 6.45) is 0. The van der Waals surface area contributed by atoms with E-state index in [-0.39, 0.29) is 5.91 Å². The van der Waals surface area contributed by atoms with Crippen molar-refractivity contribution in [1.82, 2.24) is 20.0 Å². The van der Waals surface area contributed by atoms with E-state index in [1.807, 2.05) is 27.0 Å². The van der Waals surface area contributed by atoms with Gasteiger partial charge in [0.25, 0.3) is 5.91 Å². The average Bonchev–Trinajstić information content (AvgIpc) is 2.82. The van der Waals surface area contributed by atoms with E-state index in [2.05, 4.69) is 10.4 Å². The van der Waals surface area contributed by atoms with E-state index >= 15 is 0 Å². The van der Waals surface area contributed by atoms with Gasteiger partial charge in [-0.15, -0.1) is 0 Å². The Hall–Kier alpha value is -2.21. The van der Waals surface area contributed by atoms with Crippen molar-refractivity contribution in [3.63, 3.8) is 0 Å². The maximum absolute atomic E-state index is 14.4. The number of aromatic nitrogens is 2. The highest BCUT2D eigenvalue weighted by Crippen LogP contribution is 2.18. The summed E-state index contributed by atoms with van der Waals surface area (Å²) in [5, 5.41) is 7.24. The van der Waals surface area contributed by atoms with Gasteiger partial charge >= 0.3 is 0 Å². The summed E-state index contributed by atoms with van der Waals surface area (Å²) in [6, 6.07) is 6.37. The Bertz CT molecular complexity index is 681. The quantitative estimate of drug-likeness (QED) is 0.918. The van der Waals surface area contributed by atoms with Crippen LogP contribution in [0.25, 0.3) is 5.69 Å². The van der Waals surface area contributed by atoms with Crippen molar-refractivity contribution in [2.24, 2.45) is 0 Å². The minimum Gasteiger partial charge on any atom is -0.340 e. The Balaban J connectivity index is 2.26. The Morgan fingerprint density at radius 2 is 2.09 bits per heavy atom. The first-order valence-electron chi connectivity index (χ1n) is 7.17. The first-order chi connectivity index (χ1) is 10.4. The Kier molecular flexibility index (Phi) is 4.92. The fourth-order valence-corrected chi connectivity index (χ4v) is 2.29. The number of amides is 1. The molecule has 118 valence electrons. The van der Waals surface area contributed by atoms with Crippen molar-refractivity contribution in [2.45, 2.75) is 13.8 Å². The second kappa shape index (κ2) is 6.70. The number of hydrogen-bond donors (Lipinski definition) is 1. The van der Waals surface area contributed by atoms with Gasteiger partial charge in [-0.25, -0.2) is 9.07 Å². The minimum absolute atomic E-state index is 0.200. The van der Waals surface area contributed by atoms with Gasteiger partial charge in [-0.1, -0.05) is 0 Å². The lowest BCUT2D eigenvalue weighted by Crippen LogP contribution is -2.32. The van der Waals surface area contributed by atoms with Crippen LogP contribution in [0.3, 0.4) is 0 Å². The highest BCUT2D eigenvalue weighted by molar-refractivity contribution is 5.94. The van der Waals surface area contributed by atoms with E-state index in [9.17, 15) is 9.18 Å². The van der Waals surface area contributed by atoms with Crippen molar-refractivity contribution >= 4 is 5.91 Å². The Labute approximate surface area is 129 Å². The summed E-state index contributed by atoms with van der Waals surface area (Å²) in [6.45, 7) is 4.98. The van der Waals surface area contributed by atoms with Crippen LogP contribution in [-0.4, -0.2) is 47.8 Å². The summed E-state index contributed by atoms with van der Waals surface area (Å²) >= 11 is 0. The third-order valence-corrected chi connectivity index (χ3v) is 3.48. The number of nitrogens with one attached hydrogen (secondary N) is 1. The first kappa shape index (κ1) is 16.2. The lowest BCUT2D eigenvalue weighted by Gasteiger charge is -2.17. The van der Waals surface area contributed by atoms with Crippen molar-refractivity contribution < 1.29 is 9.18 Å². The summed E-state index contributed by atoms with van der Waals surface area (Å²) in [7, 11) is 3.52. The van der Waals surface area contributed by atoms with Gasteiger partial charge in [0, 0.05) is 31.4 Å². The molecule has 1 N–H and O–H groups in total. The van der Waals surface area contributed by atoms with E-state index in [1.165, 1.54) is 6.07 Å². The monoisotopic (exact) mass is 304 g/mol. The molecule has 1 aromatic heterocycles. The van der Waals surface area contributed by atoms with Crippen LogP contribution in [0, 0.1) is 19.7 Å². The fourth-order valence-electron chi connectivity index (χ4n) is 2.29. The predicted octanol–water partition coefficient (Wildman–Crippen LogP) is 1.92. The number of rotatable bonds is 5. The van der Waals surface area contributed by atoms with E-state index in [0.717, 1.165) is 11.4 Å². The van der Waals surface area contributed by atoms with E-state index in [0.29, 0.717) is 24.3 Å². The van der Waals surface area contributed by atoms with Gasteiger partial charge < -0.3 is 10.2 Å². The molecule has 0 saturated carbocycles. The van der Waals surface area contributed by atoms with Gasteiger partial charge in [0.2, 0.25) is 0 Å². The van der Waals surface area contributed by atoms with Crippen LogP contribution in [0.1, 0.15) is 21.7 Å². The van der Waals surface area contributed by atoms with Crippen molar-refractivity contribution in [2.75, 3.05) is 27.2 Å². The number of hydrogen-bond acceptors (Lipinski definition) is 3. The first-order valence-corrected chi connectivity index (χ1v) is 7.17. The van der Waals surface area contributed by atoms with Gasteiger partial charge in [0.1, 0.15) is 11.5 Å². The van der Waals surface area contributed by atoms with Gasteiger partial charge in [0.15, 0.2) is 0 Å². The van der Waals surface area contributed by atoms with Crippen LogP contribution < -0.4 is 5.32 Å². The third-order valence-electron chi connectivity index (χ3n) is 3.48. The summed E-state index contributed by atoms with van der Waals surface area (Å²) in [4.78, 5) is 13.8. The zero-order valence-electron chi connectivity index (χ0n) is 13.4. The van der Waals surface area contributed by atoms with E-state index in [1.54, 1.807) is 28.8 Å². The van der Waals surface area contributed by atoms with Crippen LogP contribution >= 0.6 is 0 Å². The number of nitrogens with zero attached hydrogens (tertiary/aromatic N) is 3. The van der Waals surface area contributed by atoms with Crippen LogP contribution in [0.15, 0.2) is 24.3 Å². The third kappa shape index (κ3) is 3.33. The number of aryl methyl sites for hydroxylation is 2. The SMILES string of the molecule is CNCCN(C)C(=O)c1ccc(-n2nc(C)cc2C)c(F)c1. The molecule has 6 heteroatoms. The molecule has 0 bridgehead atoms. The molecule has 2 aromatic rings. The molecule has 22 heavy (non-hydrogen) atoms. The standard InChI is InChI=1S/C16H21FN4O/c1-11-9-12(2)21(19-11)15-6-5-13(10-14(15)17)16(22)20(4)8-7-18-3/h5-6,9-10,18H,7-8H2,1-4H3. The number of likely N-dealkylation sites (N-methyl/N-ethyl adjacent to an activating group) is 2. The highest BCUT2D eigenvalue weighted by atomic mass is 19.1. The zero-order chi connectivity index (χ0) is 16.3. The Morgan fingerprint density at radius 1 is 1.36 bits per heavy atom. The van der Waals surface area contributed by atoms with E-state index in [4.69, 9.17) is 0 Å². The molecule has 0 atom stereocenters. The smallest absolute Gasteiger partial charge is 0.253 e. The van der Waals surface area contributed by atoms with Crippen LogP contribution in [0.5, 0.6) is 0 Å². The molecule has 0 radical (unpaired) electrons. The number of halogens is 1. The predicted molar refractivity (Wildman–Crippen MR) is 83.9 cm³/mol. The summed E-state index contributed by atoms with van der Waals surface area (Å²) in [5.74, 6) is -0.659. The second-order valence-corrected chi connectivity index (χ2v) is 5.34. The summed E-state index contributed by atoms with van der Waals surface area (Å²) < 4.78 is 15.9. The molecular weight excluding hydrogens is 283 g/mol. The lowest BCUT2D eigenvalue weighted by molar-refractivity contribution is 0.0796. The molecule has 1 aromatic carbocycles. The number of carbonyl (C=O) groups is 1. The normalized spacial score (nSPS) is 10.8. The van der Waals surface area contributed by atoms with Crippen molar-refractivity contribution in [1.29, 1.82) is 0 Å². The van der Waals surface area contributed by atoms with Gasteiger partial charge in [-0.05, 0) is 45.2 Å². The van der Waals surface area contributed by atoms with Crippen LogP contribution in [0.4, 0.5) is 4.39 Å². The number of carbonyl (C=O) groups excluding carboxylic acids is 1. The van der Waals surface area contributed by atoms with Crippen LogP contribution in [-0.2, 0) is 0 Å². The summed E-state index contributed by atoms with van der Waals surface area (Å²) in [5.41, 5.74) is 2.35. The molecule has 0 unspecified atom stereocenters. The molecule has 1 heterocycles. The highest BCUT2D eigenvalue weighted by Gasteiger charge is 2.15. The molecule has 0 fully saturated rings. The van der Waals surface area contributed by atoms with Gasteiger partial charge in [-0.2, -0.15) is 5.10 Å². The van der Waals surface area contributed by atoms with Gasteiger partial charge in [-0.3, -0.25) is 4.79 Å².